The van der Waals surface area contributed by atoms with Crippen molar-refractivity contribution in [2.75, 3.05) is 0 Å². The van der Waals surface area contributed by atoms with E-state index in [0.717, 1.165) is 12.1 Å². The van der Waals surface area contributed by atoms with Gasteiger partial charge in [-0.05, 0) is 161 Å². The van der Waals surface area contributed by atoms with Crippen molar-refractivity contribution < 1.29 is 26.3 Å². The highest BCUT2D eigenvalue weighted by atomic mass is 19.4. The van der Waals surface area contributed by atoms with Crippen LogP contribution in [0.25, 0.3) is 122 Å². The number of aromatic nitrogens is 2. The number of hydrogen-bond donors (Lipinski definition) is 0. The number of alkyl halides is 6. The minimum Gasteiger partial charge on any atom is -0.309 e. The van der Waals surface area contributed by atoms with Crippen LogP contribution >= 0.6 is 0 Å². The molecule has 0 N–H and O–H groups in total. The Kier molecular flexibility index (Phi) is 15.8. The molecule has 0 unspecified atom stereocenters. The lowest BCUT2D eigenvalue weighted by Crippen LogP contribution is -2.14. The first-order valence-electron chi connectivity index (χ1n) is 29.9. The summed E-state index contributed by atoms with van der Waals surface area (Å²) in [5, 5.41) is 136. The number of hydrogen-bond acceptors (Lipinski definition) is 13. The maximum Gasteiger partial charge on any atom is 0.417 e. The van der Waals surface area contributed by atoms with Gasteiger partial charge in [-0.15, -0.1) is 0 Å². The normalized spacial score (nSPS) is 10.9. The van der Waals surface area contributed by atoms with E-state index in [1.54, 1.807) is 63.7 Å². The fraction of sp³-hybridized carbons (Fsp3) is 0.0247. The van der Waals surface area contributed by atoms with Gasteiger partial charge in [-0.25, -0.2) is 0 Å². The first-order valence-corrected chi connectivity index (χ1v) is 29.9. The molecule has 13 aromatic rings. The molecule has 102 heavy (non-hydrogen) atoms. The van der Waals surface area contributed by atoms with Crippen molar-refractivity contribution in [3.8, 4) is 157 Å². The number of halogens is 6. The summed E-state index contributed by atoms with van der Waals surface area (Å²) in [5.41, 5.74) is -2.73. The Hall–Kier alpha value is -16.0. The van der Waals surface area contributed by atoms with Gasteiger partial charge in [-0.1, -0.05) is 42.5 Å². The molecule has 0 aliphatic carbocycles. The van der Waals surface area contributed by atoms with Crippen molar-refractivity contribution in [3.05, 3.63) is 259 Å². The van der Waals surface area contributed by atoms with Gasteiger partial charge >= 0.3 is 12.4 Å². The standard InChI is InChI=1S/C81H29F6N15/c82-80(83,84)67-2-1-3-68(81(85,86)87)79(67)52-5-10-61(74(29-52)102-72-14-8-50(77-57(39-97)20-46(33-91)21-58(77)40-98)27-65(72)66-28-51(9-15-73(66)102)78-59(41-99)22-47(34-92)23-60(78)42-100)62-24-43(30-88)4-11-69(62)101-70-12-6-48(75-53(35-93)16-44(31-89)17-54(75)36-94)25-63(70)64-26-49(7-13-71(64)101)76-55(37-95)18-45(32-90)19-56(76)38-96/h1-29H. The van der Waals surface area contributed by atoms with Gasteiger partial charge in [0, 0.05) is 60.5 Å². The van der Waals surface area contributed by atoms with Crippen LogP contribution in [0.2, 0.25) is 0 Å². The molecule has 0 fully saturated rings. The van der Waals surface area contributed by atoms with Crippen molar-refractivity contribution >= 4 is 43.6 Å². The molecule has 0 radical (unpaired) electrons. The SMILES string of the molecule is N#Cc1cc(C#N)c(-c2ccc3c(c2)c2cc(-c4c(C#N)cc(C#N)cc4C#N)ccc2n3-c2ccc(C#N)cc2-c2ccc(-c3c(C(F)(F)F)cccc3C(F)(F)F)cc2-n2c3ccc(-c4c(C#N)cc(C#N)cc4C#N)cc3c3cc(-c4c(C#N)cc(C#N)cc4C#N)ccc32)c(C#N)c1. The fourth-order valence-electron chi connectivity index (χ4n) is 13.4. The van der Waals surface area contributed by atoms with E-state index in [9.17, 15) is 68.4 Å². The summed E-state index contributed by atoms with van der Waals surface area (Å²) in [6.45, 7) is 0. The van der Waals surface area contributed by atoms with E-state index in [-0.39, 0.29) is 150 Å². The van der Waals surface area contributed by atoms with E-state index in [0.29, 0.717) is 51.1 Å². The molecule has 0 saturated heterocycles. The van der Waals surface area contributed by atoms with Gasteiger partial charge in [0.1, 0.15) is 0 Å². The zero-order valence-electron chi connectivity index (χ0n) is 51.7. The number of rotatable bonds is 8. The summed E-state index contributed by atoms with van der Waals surface area (Å²) in [6, 6.07) is 65.8. The molecule has 13 rings (SSSR count). The number of nitriles is 13. The molecule has 21 heteroatoms. The van der Waals surface area contributed by atoms with Crippen LogP contribution in [0, 0.1) is 147 Å². The van der Waals surface area contributed by atoms with Gasteiger partial charge in [0.2, 0.25) is 0 Å². The Bertz CT molecular complexity index is 6130. The second-order valence-corrected chi connectivity index (χ2v) is 23.0. The van der Waals surface area contributed by atoms with Gasteiger partial charge in [-0.3, -0.25) is 0 Å². The van der Waals surface area contributed by atoms with Crippen LogP contribution in [0.1, 0.15) is 83.5 Å². The predicted molar refractivity (Wildman–Crippen MR) is 359 cm³/mol. The summed E-state index contributed by atoms with van der Waals surface area (Å²) in [6.07, 6.45) is -10.8. The van der Waals surface area contributed by atoms with Gasteiger partial charge in [0.05, 0.1) is 196 Å². The smallest absolute Gasteiger partial charge is 0.309 e. The van der Waals surface area contributed by atoms with E-state index in [4.69, 9.17) is 0 Å². The first-order chi connectivity index (χ1) is 49.2. The Labute approximate surface area is 573 Å². The quantitative estimate of drug-likeness (QED) is 0.128. The third kappa shape index (κ3) is 10.6. The molecule has 15 nitrogen and oxygen atoms in total. The van der Waals surface area contributed by atoms with Gasteiger partial charge in [-0.2, -0.15) is 94.7 Å². The molecule has 0 spiro atoms. The summed E-state index contributed by atoms with van der Waals surface area (Å²) < 4.78 is 96.3. The first kappa shape index (κ1) is 64.7. The Morgan fingerprint density at radius 3 is 0.784 bits per heavy atom. The number of nitrogens with zero attached hydrogens (tertiary/aromatic N) is 15. The average molecular weight is 1330 g/mol. The van der Waals surface area contributed by atoms with Crippen LogP contribution in [0.3, 0.4) is 0 Å². The molecule has 0 saturated carbocycles. The van der Waals surface area contributed by atoms with Crippen molar-refractivity contribution in [2.24, 2.45) is 0 Å². The van der Waals surface area contributed by atoms with Crippen LogP contribution in [0.4, 0.5) is 26.3 Å². The molecule has 2 heterocycles. The molecule has 11 aromatic carbocycles. The molecule has 470 valence electrons. The zero-order chi connectivity index (χ0) is 72.2. The lowest BCUT2D eigenvalue weighted by atomic mass is 9.90. The summed E-state index contributed by atoms with van der Waals surface area (Å²) in [4.78, 5) is 0. The van der Waals surface area contributed by atoms with E-state index < -0.39 is 34.6 Å². The highest BCUT2D eigenvalue weighted by Crippen LogP contribution is 2.50. The molecule has 0 aliphatic rings. The van der Waals surface area contributed by atoms with Crippen LogP contribution in [0.5, 0.6) is 0 Å². The maximum atomic E-state index is 15.5. The van der Waals surface area contributed by atoms with Gasteiger partial charge in [0.25, 0.3) is 0 Å². The minimum absolute atomic E-state index is 0.00295. The minimum atomic E-state index is -5.38. The lowest BCUT2D eigenvalue weighted by molar-refractivity contribution is -0.142. The summed E-state index contributed by atoms with van der Waals surface area (Å²) >= 11 is 0. The largest absolute Gasteiger partial charge is 0.417 e. The number of fused-ring (bicyclic) bond motifs is 6. The summed E-state index contributed by atoms with van der Waals surface area (Å²) in [7, 11) is 0. The lowest BCUT2D eigenvalue weighted by Gasteiger charge is -2.22. The van der Waals surface area contributed by atoms with Crippen molar-refractivity contribution in [3.63, 3.8) is 0 Å². The Balaban J connectivity index is 1.19. The zero-order valence-corrected chi connectivity index (χ0v) is 51.7. The van der Waals surface area contributed by atoms with Crippen LogP contribution in [-0.2, 0) is 12.4 Å². The van der Waals surface area contributed by atoms with Gasteiger partial charge in [0.15, 0.2) is 0 Å². The molecular weight excluding hydrogens is 1300 g/mol. The molecule has 0 aliphatic heterocycles. The highest BCUT2D eigenvalue weighted by Gasteiger charge is 2.41. The predicted octanol–water partition coefficient (Wildman–Crippen LogP) is 18.3. The third-order valence-electron chi connectivity index (χ3n) is 17.6. The second kappa shape index (κ2) is 24.9. The van der Waals surface area contributed by atoms with Gasteiger partial charge < -0.3 is 9.13 Å². The van der Waals surface area contributed by atoms with Crippen LogP contribution in [0.15, 0.2) is 176 Å². The van der Waals surface area contributed by atoms with Crippen molar-refractivity contribution in [2.45, 2.75) is 12.4 Å². The van der Waals surface area contributed by atoms with Crippen LogP contribution < -0.4 is 0 Å². The second-order valence-electron chi connectivity index (χ2n) is 23.0. The van der Waals surface area contributed by atoms with E-state index in [1.165, 1.54) is 91.0 Å². The molecular formula is C81H29F6N15. The van der Waals surface area contributed by atoms with E-state index >= 15 is 26.3 Å². The average Bonchev–Trinajstić information content (AvgIpc) is 1.55. The Morgan fingerprint density at radius 1 is 0.235 bits per heavy atom. The van der Waals surface area contributed by atoms with E-state index in [1.807, 2.05) is 24.3 Å². The molecule has 0 bridgehead atoms. The number of benzene rings is 11. The monoisotopic (exact) mass is 1330 g/mol. The van der Waals surface area contributed by atoms with Crippen LogP contribution in [-0.4, -0.2) is 9.13 Å². The van der Waals surface area contributed by atoms with E-state index in [2.05, 4.69) is 54.6 Å². The Morgan fingerprint density at radius 2 is 0.510 bits per heavy atom. The highest BCUT2D eigenvalue weighted by molar-refractivity contribution is 6.15. The molecule has 2 aromatic heterocycles. The summed E-state index contributed by atoms with van der Waals surface area (Å²) in [5.74, 6) is 0. The fourth-order valence-corrected chi connectivity index (χ4v) is 13.4. The van der Waals surface area contributed by atoms with Crippen molar-refractivity contribution in [1.29, 1.82) is 68.4 Å². The third-order valence-corrected chi connectivity index (χ3v) is 17.6. The molecule has 0 amide bonds. The maximum absolute atomic E-state index is 15.5. The molecule has 0 atom stereocenters. The van der Waals surface area contributed by atoms with Crippen molar-refractivity contribution in [1.82, 2.24) is 9.13 Å². The topological polar surface area (TPSA) is 319 Å².